The quantitative estimate of drug-likeness (QED) is 0.657. The second-order valence-electron chi connectivity index (χ2n) is 4.26. The minimum atomic E-state index is -1.16. The van der Waals surface area contributed by atoms with E-state index in [1.165, 1.54) is 0 Å². The maximum Gasteiger partial charge on any atom is 0.340 e. The lowest BCUT2D eigenvalue weighted by Crippen LogP contribution is -1.99. The average Bonchev–Trinajstić information content (AvgIpc) is 2.39. The number of halogens is 1. The summed E-state index contributed by atoms with van der Waals surface area (Å²) in [4.78, 5) is 11.4. The summed E-state index contributed by atoms with van der Waals surface area (Å²) in [6.45, 7) is 0. The van der Waals surface area contributed by atoms with Gasteiger partial charge >= 0.3 is 5.97 Å². The number of hydrogen-bond acceptors (Lipinski definition) is 2. The molecule has 94 valence electrons. The van der Waals surface area contributed by atoms with Crippen LogP contribution in [-0.4, -0.2) is 16.2 Å². The van der Waals surface area contributed by atoms with E-state index < -0.39 is 5.97 Å². The third kappa shape index (κ3) is 1.71. The number of carbonyl (C=O) groups is 1. The van der Waals surface area contributed by atoms with Gasteiger partial charge in [0, 0.05) is 15.8 Å². The molecule has 0 bridgehead atoms. The maximum absolute atomic E-state index is 11.4. The highest BCUT2D eigenvalue weighted by Crippen LogP contribution is 2.38. The smallest absolute Gasteiger partial charge is 0.340 e. The fourth-order valence-corrected chi connectivity index (χ4v) is 2.53. The largest absolute Gasteiger partial charge is 0.506 e. The predicted octanol–water partition coefficient (Wildman–Crippen LogP) is 4.05. The van der Waals surface area contributed by atoms with Crippen LogP contribution in [0.4, 0.5) is 0 Å². The van der Waals surface area contributed by atoms with E-state index in [-0.39, 0.29) is 11.3 Å². The Hall–Kier alpha value is -2.26. The normalized spacial score (nSPS) is 11.0. The highest BCUT2D eigenvalue weighted by Gasteiger charge is 2.18. The molecule has 0 heterocycles. The molecule has 0 aromatic heterocycles. The minimum absolute atomic E-state index is 0.0923. The van der Waals surface area contributed by atoms with E-state index in [2.05, 4.69) is 0 Å². The van der Waals surface area contributed by atoms with Crippen LogP contribution in [0.2, 0.25) is 5.02 Å². The zero-order chi connectivity index (χ0) is 13.6. The van der Waals surface area contributed by atoms with Crippen LogP contribution >= 0.6 is 11.6 Å². The summed E-state index contributed by atoms with van der Waals surface area (Å²) in [5.74, 6) is -1.40. The number of aromatic carboxylic acids is 1. The molecule has 4 heteroatoms. The fraction of sp³-hybridized carbons (Fsp3) is 0. The molecule has 0 aliphatic rings. The van der Waals surface area contributed by atoms with E-state index in [1.54, 1.807) is 30.3 Å². The number of aromatic hydroxyl groups is 1. The summed E-state index contributed by atoms with van der Waals surface area (Å²) < 4.78 is 0. The molecule has 19 heavy (non-hydrogen) atoms. The highest BCUT2D eigenvalue weighted by molar-refractivity contribution is 6.32. The van der Waals surface area contributed by atoms with Crippen molar-refractivity contribution in [3.63, 3.8) is 0 Å². The fourth-order valence-electron chi connectivity index (χ4n) is 2.36. The Labute approximate surface area is 113 Å². The average molecular weight is 273 g/mol. The van der Waals surface area contributed by atoms with Crippen molar-refractivity contribution < 1.29 is 15.0 Å². The van der Waals surface area contributed by atoms with Crippen LogP contribution in [0, 0.1) is 0 Å². The maximum atomic E-state index is 11.4. The van der Waals surface area contributed by atoms with Gasteiger partial charge < -0.3 is 10.2 Å². The van der Waals surface area contributed by atoms with Gasteiger partial charge in [0.15, 0.2) is 0 Å². The molecule has 3 aromatic carbocycles. The SMILES string of the molecule is O=C(O)c1c(O)c2cc(Cl)ccc2c2ccccc12. The zero-order valence-corrected chi connectivity index (χ0v) is 10.5. The van der Waals surface area contributed by atoms with Gasteiger partial charge in [-0.15, -0.1) is 0 Å². The molecule has 0 amide bonds. The summed E-state index contributed by atoms with van der Waals surface area (Å²) in [5.41, 5.74) is -0.0923. The van der Waals surface area contributed by atoms with E-state index in [1.807, 2.05) is 12.1 Å². The summed E-state index contributed by atoms with van der Waals surface area (Å²) in [7, 11) is 0. The monoisotopic (exact) mass is 272 g/mol. The van der Waals surface area contributed by atoms with Gasteiger partial charge in [-0.1, -0.05) is 41.9 Å². The molecule has 3 nitrogen and oxygen atoms in total. The number of carboxylic acids is 1. The zero-order valence-electron chi connectivity index (χ0n) is 9.72. The summed E-state index contributed by atoms with van der Waals surface area (Å²) in [5, 5.41) is 22.5. The lowest BCUT2D eigenvalue weighted by molar-refractivity contribution is 0.0696. The first-order chi connectivity index (χ1) is 9.09. The third-order valence-corrected chi connectivity index (χ3v) is 3.41. The summed E-state index contributed by atoms with van der Waals surface area (Å²) >= 11 is 5.92. The molecule has 0 aliphatic heterocycles. The Morgan fingerprint density at radius 2 is 1.58 bits per heavy atom. The van der Waals surface area contributed by atoms with Crippen LogP contribution in [0.3, 0.4) is 0 Å². The molecule has 2 N–H and O–H groups in total. The molecule has 0 aliphatic carbocycles. The Balaban J connectivity index is 2.65. The molecule has 0 spiro atoms. The van der Waals surface area contributed by atoms with E-state index in [0.717, 1.165) is 10.8 Å². The molecule has 3 aromatic rings. The Morgan fingerprint density at radius 3 is 2.26 bits per heavy atom. The lowest BCUT2D eigenvalue weighted by atomic mass is 9.96. The second kappa shape index (κ2) is 4.14. The van der Waals surface area contributed by atoms with Crippen molar-refractivity contribution in [3.05, 3.63) is 53.1 Å². The lowest BCUT2D eigenvalue weighted by Gasteiger charge is -2.10. The number of phenols is 1. The van der Waals surface area contributed by atoms with Gasteiger partial charge in [0.1, 0.15) is 11.3 Å². The summed E-state index contributed by atoms with van der Waals surface area (Å²) in [6, 6.07) is 12.2. The summed E-state index contributed by atoms with van der Waals surface area (Å²) in [6.07, 6.45) is 0. The van der Waals surface area contributed by atoms with Crippen LogP contribution in [-0.2, 0) is 0 Å². The molecule has 3 rings (SSSR count). The van der Waals surface area contributed by atoms with Crippen molar-refractivity contribution in [1.82, 2.24) is 0 Å². The van der Waals surface area contributed by atoms with E-state index in [4.69, 9.17) is 11.6 Å². The van der Waals surface area contributed by atoms with E-state index in [9.17, 15) is 15.0 Å². The molecule has 0 fully saturated rings. The molecule has 0 saturated carbocycles. The number of hydrogen-bond donors (Lipinski definition) is 2. The van der Waals surface area contributed by atoms with E-state index in [0.29, 0.717) is 15.8 Å². The first kappa shape index (κ1) is 11.8. The van der Waals surface area contributed by atoms with Crippen molar-refractivity contribution in [2.45, 2.75) is 0 Å². The van der Waals surface area contributed by atoms with Crippen LogP contribution in [0.5, 0.6) is 5.75 Å². The van der Waals surface area contributed by atoms with Crippen LogP contribution in [0.25, 0.3) is 21.5 Å². The highest BCUT2D eigenvalue weighted by atomic mass is 35.5. The Bertz CT molecular complexity index is 824. The molecular formula is C15H9ClO3. The molecule has 0 saturated heterocycles. The molecule has 0 radical (unpaired) electrons. The van der Waals surface area contributed by atoms with Crippen molar-refractivity contribution in [3.8, 4) is 5.75 Å². The van der Waals surface area contributed by atoms with Gasteiger partial charge in [0.2, 0.25) is 0 Å². The molecule has 0 atom stereocenters. The van der Waals surface area contributed by atoms with E-state index >= 15 is 0 Å². The van der Waals surface area contributed by atoms with Crippen molar-refractivity contribution in [1.29, 1.82) is 0 Å². The van der Waals surface area contributed by atoms with Gasteiger partial charge in [0.25, 0.3) is 0 Å². The molecular weight excluding hydrogens is 264 g/mol. The number of benzene rings is 3. The second-order valence-corrected chi connectivity index (χ2v) is 4.70. The Kier molecular flexibility index (Phi) is 2.57. The van der Waals surface area contributed by atoms with Crippen molar-refractivity contribution in [2.24, 2.45) is 0 Å². The van der Waals surface area contributed by atoms with Gasteiger partial charge in [0.05, 0.1) is 0 Å². The number of rotatable bonds is 1. The third-order valence-electron chi connectivity index (χ3n) is 3.17. The number of fused-ring (bicyclic) bond motifs is 3. The van der Waals surface area contributed by atoms with Gasteiger partial charge in [-0.3, -0.25) is 0 Å². The van der Waals surface area contributed by atoms with Gasteiger partial charge in [-0.2, -0.15) is 0 Å². The standard InChI is InChI=1S/C15H9ClO3/c16-8-5-6-10-9-3-1-2-4-11(9)13(15(18)19)14(17)12(10)7-8/h1-7,17H,(H,18,19). The first-order valence-corrected chi connectivity index (χ1v) is 6.03. The first-order valence-electron chi connectivity index (χ1n) is 5.66. The Morgan fingerprint density at radius 1 is 0.947 bits per heavy atom. The molecule has 0 unspecified atom stereocenters. The topological polar surface area (TPSA) is 57.5 Å². The van der Waals surface area contributed by atoms with Gasteiger partial charge in [-0.25, -0.2) is 4.79 Å². The van der Waals surface area contributed by atoms with Crippen LogP contribution in [0.15, 0.2) is 42.5 Å². The number of carboxylic acid groups (broad SMARTS) is 1. The van der Waals surface area contributed by atoms with Crippen LogP contribution < -0.4 is 0 Å². The predicted molar refractivity (Wildman–Crippen MR) is 75.1 cm³/mol. The van der Waals surface area contributed by atoms with Crippen LogP contribution in [0.1, 0.15) is 10.4 Å². The minimum Gasteiger partial charge on any atom is -0.506 e. The van der Waals surface area contributed by atoms with Crippen molar-refractivity contribution >= 4 is 39.1 Å². The van der Waals surface area contributed by atoms with Gasteiger partial charge in [-0.05, 0) is 22.9 Å². The van der Waals surface area contributed by atoms with Crippen molar-refractivity contribution in [2.75, 3.05) is 0 Å².